The summed E-state index contributed by atoms with van der Waals surface area (Å²) >= 11 is 0. The fraction of sp³-hybridized carbons (Fsp3) is 0.769. The molecular formula is C13H23N3O. The molecule has 1 atom stereocenters. The molecule has 17 heavy (non-hydrogen) atoms. The van der Waals surface area contributed by atoms with Gasteiger partial charge in [-0.2, -0.15) is 5.10 Å². The lowest BCUT2D eigenvalue weighted by Crippen LogP contribution is -2.36. The number of aliphatic hydroxyl groups is 1. The van der Waals surface area contributed by atoms with Crippen LogP contribution in [-0.4, -0.2) is 39.0 Å². The molecule has 1 aliphatic rings. The highest BCUT2D eigenvalue weighted by atomic mass is 16.3. The van der Waals surface area contributed by atoms with Gasteiger partial charge in [0.05, 0.1) is 17.5 Å². The summed E-state index contributed by atoms with van der Waals surface area (Å²) in [5.41, 5.74) is 2.36. The quantitative estimate of drug-likeness (QED) is 0.862. The van der Waals surface area contributed by atoms with E-state index < -0.39 is 0 Å². The molecule has 4 heteroatoms. The summed E-state index contributed by atoms with van der Waals surface area (Å²) < 4.78 is 1.97. The van der Waals surface area contributed by atoms with E-state index >= 15 is 0 Å². The van der Waals surface area contributed by atoms with Crippen molar-refractivity contribution < 1.29 is 5.11 Å². The predicted molar refractivity (Wildman–Crippen MR) is 67.6 cm³/mol. The van der Waals surface area contributed by atoms with Gasteiger partial charge in [0.2, 0.25) is 0 Å². The van der Waals surface area contributed by atoms with Crippen LogP contribution in [0.2, 0.25) is 0 Å². The number of nitrogens with zero attached hydrogens (tertiary/aromatic N) is 3. The van der Waals surface area contributed by atoms with Crippen LogP contribution in [0.25, 0.3) is 0 Å². The number of hydrogen-bond donors (Lipinski definition) is 1. The molecule has 96 valence electrons. The van der Waals surface area contributed by atoms with Gasteiger partial charge >= 0.3 is 0 Å². The van der Waals surface area contributed by atoms with E-state index in [-0.39, 0.29) is 6.10 Å². The average molecular weight is 237 g/mol. The molecule has 0 radical (unpaired) electrons. The summed E-state index contributed by atoms with van der Waals surface area (Å²) in [6.07, 6.45) is 2.05. The van der Waals surface area contributed by atoms with Gasteiger partial charge in [0.15, 0.2) is 0 Å². The Bertz CT molecular complexity index is 365. The average Bonchev–Trinajstić information content (AvgIpc) is 2.58. The molecule has 0 saturated carbocycles. The first-order valence-electron chi connectivity index (χ1n) is 6.46. The zero-order chi connectivity index (χ0) is 12.4. The van der Waals surface area contributed by atoms with Crippen molar-refractivity contribution >= 4 is 0 Å². The van der Waals surface area contributed by atoms with Crippen LogP contribution < -0.4 is 0 Å². The van der Waals surface area contributed by atoms with Crippen LogP contribution in [0, 0.1) is 12.8 Å². The van der Waals surface area contributed by atoms with Gasteiger partial charge in [0, 0.05) is 13.6 Å². The van der Waals surface area contributed by atoms with Crippen LogP contribution in [-0.2, 0) is 13.6 Å². The van der Waals surface area contributed by atoms with Crippen molar-refractivity contribution in [3.8, 4) is 0 Å². The molecule has 1 aromatic heterocycles. The van der Waals surface area contributed by atoms with Crippen molar-refractivity contribution in [3.05, 3.63) is 17.5 Å². The minimum absolute atomic E-state index is 0.156. The van der Waals surface area contributed by atoms with Gasteiger partial charge in [-0.1, -0.05) is 0 Å². The SMILES string of the molecule is Cc1cc(CN2CCC(C(C)O)CC2)n(C)n1. The molecule has 0 bridgehead atoms. The maximum absolute atomic E-state index is 9.57. The largest absolute Gasteiger partial charge is 0.393 e. The normalized spacial score (nSPS) is 20.7. The summed E-state index contributed by atoms with van der Waals surface area (Å²) in [5.74, 6) is 0.486. The minimum Gasteiger partial charge on any atom is -0.393 e. The van der Waals surface area contributed by atoms with Crippen LogP contribution >= 0.6 is 0 Å². The second-order valence-corrected chi connectivity index (χ2v) is 5.25. The van der Waals surface area contributed by atoms with Gasteiger partial charge < -0.3 is 5.11 Å². The van der Waals surface area contributed by atoms with Gasteiger partial charge in [0.1, 0.15) is 0 Å². The molecular weight excluding hydrogens is 214 g/mol. The smallest absolute Gasteiger partial charge is 0.0597 e. The van der Waals surface area contributed by atoms with Crippen molar-refractivity contribution in [3.63, 3.8) is 0 Å². The molecule has 0 aliphatic carbocycles. The van der Waals surface area contributed by atoms with Gasteiger partial charge in [-0.15, -0.1) is 0 Å². The van der Waals surface area contributed by atoms with Crippen molar-refractivity contribution in [2.24, 2.45) is 13.0 Å². The number of hydrogen-bond acceptors (Lipinski definition) is 3. The molecule has 0 spiro atoms. The van der Waals surface area contributed by atoms with Crippen LogP contribution in [0.3, 0.4) is 0 Å². The van der Waals surface area contributed by atoms with E-state index in [1.807, 2.05) is 25.6 Å². The third-order valence-electron chi connectivity index (χ3n) is 3.80. The second-order valence-electron chi connectivity index (χ2n) is 5.25. The Morgan fingerprint density at radius 1 is 1.47 bits per heavy atom. The number of likely N-dealkylation sites (tertiary alicyclic amines) is 1. The lowest BCUT2D eigenvalue weighted by molar-refractivity contribution is 0.0687. The number of aromatic nitrogens is 2. The van der Waals surface area contributed by atoms with Crippen molar-refractivity contribution in [2.75, 3.05) is 13.1 Å². The first kappa shape index (κ1) is 12.6. The van der Waals surface area contributed by atoms with Crippen molar-refractivity contribution in [1.82, 2.24) is 14.7 Å². The van der Waals surface area contributed by atoms with E-state index in [1.165, 1.54) is 5.69 Å². The molecule has 1 N–H and O–H groups in total. The molecule has 1 unspecified atom stereocenters. The molecule has 4 nitrogen and oxygen atoms in total. The first-order valence-corrected chi connectivity index (χ1v) is 6.46. The lowest BCUT2D eigenvalue weighted by Gasteiger charge is -2.33. The maximum Gasteiger partial charge on any atom is 0.0597 e. The van der Waals surface area contributed by atoms with Gasteiger partial charge in [-0.25, -0.2) is 0 Å². The third-order valence-corrected chi connectivity index (χ3v) is 3.80. The molecule has 0 amide bonds. The molecule has 1 fully saturated rings. The molecule has 1 aliphatic heterocycles. The van der Waals surface area contributed by atoms with Crippen molar-refractivity contribution in [1.29, 1.82) is 0 Å². The summed E-state index contributed by atoms with van der Waals surface area (Å²) in [7, 11) is 2.00. The second kappa shape index (κ2) is 5.19. The van der Waals surface area contributed by atoms with Gasteiger partial charge in [-0.3, -0.25) is 9.58 Å². The lowest BCUT2D eigenvalue weighted by atomic mass is 9.92. The van der Waals surface area contributed by atoms with E-state index in [1.54, 1.807) is 0 Å². The Balaban J connectivity index is 1.88. The summed E-state index contributed by atoms with van der Waals surface area (Å²) in [6, 6.07) is 2.15. The molecule has 2 heterocycles. The Kier molecular flexibility index (Phi) is 3.84. The van der Waals surface area contributed by atoms with Crippen LogP contribution in [0.5, 0.6) is 0 Å². The molecule has 0 aromatic carbocycles. The van der Waals surface area contributed by atoms with E-state index in [4.69, 9.17) is 0 Å². The summed E-state index contributed by atoms with van der Waals surface area (Å²) in [4.78, 5) is 2.45. The highest BCUT2D eigenvalue weighted by Crippen LogP contribution is 2.21. The zero-order valence-electron chi connectivity index (χ0n) is 11.1. The van der Waals surface area contributed by atoms with Crippen molar-refractivity contribution in [2.45, 2.75) is 39.3 Å². The fourth-order valence-corrected chi connectivity index (χ4v) is 2.63. The zero-order valence-corrected chi connectivity index (χ0v) is 11.1. The Morgan fingerprint density at radius 2 is 2.12 bits per heavy atom. The summed E-state index contributed by atoms with van der Waals surface area (Å²) in [5, 5.41) is 13.9. The summed E-state index contributed by atoms with van der Waals surface area (Å²) in [6.45, 7) is 7.08. The topological polar surface area (TPSA) is 41.3 Å². The number of piperidine rings is 1. The predicted octanol–water partition coefficient (Wildman–Crippen LogP) is 1.32. The van der Waals surface area contributed by atoms with E-state index in [9.17, 15) is 5.11 Å². The number of aliphatic hydroxyl groups excluding tert-OH is 1. The van der Waals surface area contributed by atoms with Crippen LogP contribution in [0.15, 0.2) is 6.07 Å². The van der Waals surface area contributed by atoms with Gasteiger partial charge in [0.25, 0.3) is 0 Å². The standard InChI is InChI=1S/C13H23N3O/c1-10-8-13(15(3)14-10)9-16-6-4-12(5-7-16)11(2)17/h8,11-12,17H,4-7,9H2,1-3H3. The third kappa shape index (κ3) is 3.07. The Morgan fingerprint density at radius 3 is 2.59 bits per heavy atom. The number of aryl methyl sites for hydroxylation is 2. The number of rotatable bonds is 3. The highest BCUT2D eigenvalue weighted by molar-refractivity contribution is 5.08. The maximum atomic E-state index is 9.57. The minimum atomic E-state index is -0.156. The van der Waals surface area contributed by atoms with E-state index in [0.717, 1.165) is 38.2 Å². The van der Waals surface area contributed by atoms with E-state index in [0.29, 0.717) is 5.92 Å². The van der Waals surface area contributed by atoms with Gasteiger partial charge in [-0.05, 0) is 51.8 Å². The molecule has 1 saturated heterocycles. The van der Waals surface area contributed by atoms with Crippen LogP contribution in [0.1, 0.15) is 31.2 Å². The monoisotopic (exact) mass is 237 g/mol. The molecule has 2 rings (SSSR count). The Labute approximate surface area is 103 Å². The van der Waals surface area contributed by atoms with E-state index in [2.05, 4.69) is 16.1 Å². The highest BCUT2D eigenvalue weighted by Gasteiger charge is 2.23. The first-order chi connectivity index (χ1) is 8.06. The fourth-order valence-electron chi connectivity index (χ4n) is 2.63. The van der Waals surface area contributed by atoms with Crippen LogP contribution in [0.4, 0.5) is 0 Å². The molecule has 1 aromatic rings. The Hall–Kier alpha value is -0.870.